The molecule has 1 aromatic heterocycles. The van der Waals surface area contributed by atoms with Crippen molar-refractivity contribution in [2.24, 2.45) is 5.92 Å². The summed E-state index contributed by atoms with van der Waals surface area (Å²) in [6.07, 6.45) is 2.90. The van der Waals surface area contributed by atoms with Gasteiger partial charge in [0.15, 0.2) is 5.76 Å². The van der Waals surface area contributed by atoms with Crippen molar-refractivity contribution in [3.63, 3.8) is 0 Å². The Labute approximate surface area is 157 Å². The second kappa shape index (κ2) is 8.53. The molecule has 7 heteroatoms. The van der Waals surface area contributed by atoms with Gasteiger partial charge < -0.3 is 19.7 Å². The number of likely N-dealkylation sites (tertiary alicyclic amines) is 1. The lowest BCUT2D eigenvalue weighted by Crippen LogP contribution is -2.52. The van der Waals surface area contributed by atoms with Crippen LogP contribution in [0.1, 0.15) is 29.0 Å². The van der Waals surface area contributed by atoms with E-state index in [2.05, 4.69) is 5.32 Å². The molecule has 2 N–H and O–H groups in total. The van der Waals surface area contributed by atoms with E-state index in [9.17, 15) is 19.5 Å². The Morgan fingerprint density at radius 2 is 1.96 bits per heavy atom. The van der Waals surface area contributed by atoms with Crippen molar-refractivity contribution in [2.75, 3.05) is 13.1 Å². The average molecular weight is 370 g/mol. The van der Waals surface area contributed by atoms with Crippen molar-refractivity contribution in [2.45, 2.75) is 25.3 Å². The highest BCUT2D eigenvalue weighted by atomic mass is 16.4. The largest absolute Gasteiger partial charge is 0.481 e. The molecule has 1 aromatic carbocycles. The molecule has 0 radical (unpaired) electrons. The van der Waals surface area contributed by atoms with Crippen LogP contribution in [-0.4, -0.2) is 46.9 Å². The van der Waals surface area contributed by atoms with E-state index >= 15 is 0 Å². The number of hydrogen-bond donors (Lipinski definition) is 2. The van der Waals surface area contributed by atoms with Crippen molar-refractivity contribution < 1.29 is 23.9 Å². The number of benzene rings is 1. The molecule has 0 saturated carbocycles. The minimum absolute atomic E-state index is 0.128. The van der Waals surface area contributed by atoms with Crippen LogP contribution in [0.25, 0.3) is 0 Å². The lowest BCUT2D eigenvalue weighted by molar-refractivity contribution is -0.146. The minimum Gasteiger partial charge on any atom is -0.481 e. The highest BCUT2D eigenvalue weighted by molar-refractivity contribution is 5.95. The predicted octanol–water partition coefficient (Wildman–Crippen LogP) is 1.94. The summed E-state index contributed by atoms with van der Waals surface area (Å²) in [5.74, 6) is -2.08. The average Bonchev–Trinajstić information content (AvgIpc) is 3.23. The van der Waals surface area contributed by atoms with Crippen LogP contribution in [0.5, 0.6) is 0 Å². The zero-order valence-corrected chi connectivity index (χ0v) is 14.8. The summed E-state index contributed by atoms with van der Waals surface area (Å²) >= 11 is 0. The number of carboxylic acid groups (broad SMARTS) is 1. The normalized spacial score (nSPS) is 17.9. The van der Waals surface area contributed by atoms with Crippen LogP contribution in [0.4, 0.5) is 0 Å². The van der Waals surface area contributed by atoms with Crippen molar-refractivity contribution in [3.8, 4) is 0 Å². The minimum atomic E-state index is -0.897. The SMILES string of the molecule is O=C(N[C@H](Cc1ccccc1)C(=O)N1CCC[C@@H](C(=O)O)C1)c1ccco1. The third kappa shape index (κ3) is 4.75. The smallest absolute Gasteiger partial charge is 0.308 e. The van der Waals surface area contributed by atoms with E-state index in [1.54, 1.807) is 6.07 Å². The molecule has 142 valence electrons. The Morgan fingerprint density at radius 1 is 1.19 bits per heavy atom. The monoisotopic (exact) mass is 370 g/mol. The lowest BCUT2D eigenvalue weighted by Gasteiger charge is -2.33. The van der Waals surface area contributed by atoms with E-state index in [4.69, 9.17) is 4.42 Å². The fourth-order valence-corrected chi connectivity index (χ4v) is 3.29. The van der Waals surface area contributed by atoms with Crippen LogP contribution in [0, 0.1) is 5.92 Å². The summed E-state index contributed by atoms with van der Waals surface area (Å²) in [7, 11) is 0. The molecule has 1 saturated heterocycles. The van der Waals surface area contributed by atoms with E-state index in [0.717, 1.165) is 5.56 Å². The third-order valence-corrected chi connectivity index (χ3v) is 4.71. The van der Waals surface area contributed by atoms with Gasteiger partial charge in [-0.3, -0.25) is 14.4 Å². The molecule has 2 heterocycles. The number of amides is 2. The zero-order chi connectivity index (χ0) is 19.2. The van der Waals surface area contributed by atoms with Crippen molar-refractivity contribution in [1.29, 1.82) is 0 Å². The van der Waals surface area contributed by atoms with E-state index in [0.29, 0.717) is 25.8 Å². The number of carbonyl (C=O) groups is 3. The van der Waals surface area contributed by atoms with Gasteiger partial charge in [0, 0.05) is 19.5 Å². The summed E-state index contributed by atoms with van der Waals surface area (Å²) in [5.41, 5.74) is 0.905. The molecule has 0 aliphatic carbocycles. The van der Waals surface area contributed by atoms with Gasteiger partial charge in [0.2, 0.25) is 5.91 Å². The zero-order valence-electron chi connectivity index (χ0n) is 14.8. The second-order valence-corrected chi connectivity index (χ2v) is 6.65. The van der Waals surface area contributed by atoms with E-state index in [1.165, 1.54) is 17.2 Å². The number of rotatable bonds is 6. The van der Waals surface area contributed by atoms with Gasteiger partial charge in [0.1, 0.15) is 6.04 Å². The van der Waals surface area contributed by atoms with Crippen LogP contribution >= 0.6 is 0 Å². The van der Waals surface area contributed by atoms with Crippen molar-refractivity contribution in [3.05, 3.63) is 60.1 Å². The number of nitrogens with zero attached hydrogens (tertiary/aromatic N) is 1. The molecule has 0 spiro atoms. The molecule has 3 rings (SSSR count). The van der Waals surface area contributed by atoms with Gasteiger partial charge in [-0.1, -0.05) is 30.3 Å². The van der Waals surface area contributed by atoms with Gasteiger partial charge in [0.05, 0.1) is 12.2 Å². The molecule has 2 aromatic rings. The van der Waals surface area contributed by atoms with Crippen LogP contribution in [0.15, 0.2) is 53.1 Å². The van der Waals surface area contributed by atoms with Crippen molar-refractivity contribution in [1.82, 2.24) is 10.2 Å². The van der Waals surface area contributed by atoms with Crippen LogP contribution in [0.2, 0.25) is 0 Å². The fraction of sp³-hybridized carbons (Fsp3) is 0.350. The molecular weight excluding hydrogens is 348 g/mol. The first-order valence-electron chi connectivity index (χ1n) is 8.94. The van der Waals surface area contributed by atoms with Crippen LogP contribution in [-0.2, 0) is 16.0 Å². The summed E-state index contributed by atoms with van der Waals surface area (Å²) < 4.78 is 5.11. The topological polar surface area (TPSA) is 99.9 Å². The summed E-state index contributed by atoms with van der Waals surface area (Å²) in [6.45, 7) is 0.653. The molecule has 0 unspecified atom stereocenters. The number of carbonyl (C=O) groups excluding carboxylic acids is 2. The molecule has 7 nitrogen and oxygen atoms in total. The van der Waals surface area contributed by atoms with Gasteiger partial charge in [0.25, 0.3) is 5.91 Å². The Hall–Kier alpha value is -3.09. The molecular formula is C20H22N2O5. The number of piperidine rings is 1. The van der Waals surface area contributed by atoms with Gasteiger partial charge in [-0.05, 0) is 30.5 Å². The van der Waals surface area contributed by atoms with E-state index in [1.807, 2.05) is 30.3 Å². The Balaban J connectivity index is 1.76. The maximum Gasteiger partial charge on any atom is 0.308 e. The van der Waals surface area contributed by atoms with Crippen LogP contribution in [0.3, 0.4) is 0 Å². The van der Waals surface area contributed by atoms with Gasteiger partial charge in [-0.25, -0.2) is 0 Å². The first-order valence-corrected chi connectivity index (χ1v) is 8.94. The first kappa shape index (κ1) is 18.7. The number of aliphatic carboxylic acids is 1. The number of nitrogens with one attached hydrogen (secondary N) is 1. The Morgan fingerprint density at radius 3 is 2.63 bits per heavy atom. The molecule has 27 heavy (non-hydrogen) atoms. The second-order valence-electron chi connectivity index (χ2n) is 6.65. The predicted molar refractivity (Wildman–Crippen MR) is 97.0 cm³/mol. The first-order chi connectivity index (χ1) is 13.0. The third-order valence-electron chi connectivity index (χ3n) is 4.71. The molecule has 1 aliphatic heterocycles. The number of furan rings is 1. The van der Waals surface area contributed by atoms with Crippen LogP contribution < -0.4 is 5.32 Å². The highest BCUT2D eigenvalue weighted by Gasteiger charge is 2.33. The number of carboxylic acids is 1. The molecule has 0 bridgehead atoms. The van der Waals surface area contributed by atoms with E-state index < -0.39 is 23.8 Å². The highest BCUT2D eigenvalue weighted by Crippen LogP contribution is 2.18. The van der Waals surface area contributed by atoms with Gasteiger partial charge >= 0.3 is 5.97 Å². The summed E-state index contributed by atoms with van der Waals surface area (Å²) in [5, 5.41) is 12.0. The van der Waals surface area contributed by atoms with Crippen molar-refractivity contribution >= 4 is 17.8 Å². The van der Waals surface area contributed by atoms with Gasteiger partial charge in [-0.15, -0.1) is 0 Å². The quantitative estimate of drug-likeness (QED) is 0.809. The maximum atomic E-state index is 13.1. The summed E-state index contributed by atoms with van der Waals surface area (Å²) in [6, 6.07) is 11.7. The Bertz CT molecular complexity index is 788. The Kier molecular flexibility index (Phi) is 5.90. The molecule has 1 aliphatic rings. The fourth-order valence-electron chi connectivity index (χ4n) is 3.29. The number of hydrogen-bond acceptors (Lipinski definition) is 4. The molecule has 2 amide bonds. The lowest BCUT2D eigenvalue weighted by atomic mass is 9.96. The summed E-state index contributed by atoms with van der Waals surface area (Å²) in [4.78, 5) is 38.3. The van der Waals surface area contributed by atoms with E-state index in [-0.39, 0.29) is 18.2 Å². The maximum absolute atomic E-state index is 13.1. The standard InChI is InChI=1S/C20H22N2O5/c23-18(17-9-5-11-27-17)21-16(12-14-6-2-1-3-7-14)19(24)22-10-4-8-15(13-22)20(25)26/h1-3,5-7,9,11,15-16H,4,8,10,12-13H2,(H,21,23)(H,25,26)/t15-,16-/m1/s1. The molecule has 1 fully saturated rings. The van der Waals surface area contributed by atoms with Gasteiger partial charge in [-0.2, -0.15) is 0 Å². The molecule has 2 atom stereocenters.